The molecule has 0 heterocycles. The van der Waals surface area contributed by atoms with Gasteiger partial charge in [0.1, 0.15) is 5.60 Å². The maximum absolute atomic E-state index is 11.0. The number of ether oxygens (including phenoxy) is 1. The van der Waals surface area contributed by atoms with Gasteiger partial charge >= 0.3 is 29.6 Å². The Kier molecular flexibility index (Phi) is 16.4. The summed E-state index contributed by atoms with van der Waals surface area (Å²) in [4.78, 5) is 11.0. The second kappa shape index (κ2) is 11.5. The average molecular weight is 350 g/mol. The number of esters is 1. The molecule has 0 aromatic carbocycles. The first-order valence-corrected chi connectivity index (χ1v) is 7.49. The molecule has 15 heavy (non-hydrogen) atoms. The molecular weight excluding hydrogens is 335 g/mol. The van der Waals surface area contributed by atoms with E-state index in [0.717, 1.165) is 6.08 Å². The van der Waals surface area contributed by atoms with Crippen molar-refractivity contribution in [2.24, 2.45) is 0 Å². The van der Waals surface area contributed by atoms with E-state index in [1.54, 1.807) is 20.8 Å². The predicted octanol–water partition coefficient (Wildman–Crippen LogP) is 0.210. The number of carbonyl (C=O) groups excluding carboxylic acids is 1. The maximum Gasteiger partial charge on any atom is 1.00 e. The van der Waals surface area contributed by atoms with E-state index in [-0.39, 0.29) is 41.7 Å². The van der Waals surface area contributed by atoms with Crippen molar-refractivity contribution < 1.29 is 39.1 Å². The van der Waals surface area contributed by atoms with Crippen LogP contribution in [0.1, 0.15) is 27.2 Å². The van der Waals surface area contributed by atoms with E-state index >= 15 is 0 Å². The van der Waals surface area contributed by atoms with Crippen LogP contribution < -0.4 is 29.6 Å². The third kappa shape index (κ3) is 17.6. The third-order valence-electron chi connectivity index (χ3n) is 0.956. The molecule has 6 heteroatoms. The van der Waals surface area contributed by atoms with Crippen LogP contribution in [-0.2, 0) is 9.53 Å². The molecule has 1 N–H and O–H groups in total. The van der Waals surface area contributed by atoms with Crippen molar-refractivity contribution in [3.63, 3.8) is 0 Å². The molecule has 0 atom stereocenters. The first kappa shape index (κ1) is 21.3. The van der Waals surface area contributed by atoms with E-state index in [0.29, 0.717) is 0 Å². The molecule has 0 aliphatic carbocycles. The summed E-state index contributed by atoms with van der Waals surface area (Å²) in [6.45, 7) is 13.3. The van der Waals surface area contributed by atoms with Crippen molar-refractivity contribution in [2.75, 3.05) is 0 Å². The second-order valence-electron chi connectivity index (χ2n) is 3.46. The SMILES string of the molecule is [CH-]=CC(=N)CC(=O)OC(C)(C)C.[Na+].[PH-]I. The number of halogens is 1. The van der Waals surface area contributed by atoms with Gasteiger partial charge < -0.3 is 39.1 Å². The van der Waals surface area contributed by atoms with Gasteiger partial charge in [0.15, 0.2) is 0 Å². The van der Waals surface area contributed by atoms with Gasteiger partial charge in [-0.05, 0) is 20.8 Å². The summed E-state index contributed by atoms with van der Waals surface area (Å²) >= 11 is 1.96. The summed E-state index contributed by atoms with van der Waals surface area (Å²) in [5, 5.41) is 7.09. The summed E-state index contributed by atoms with van der Waals surface area (Å²) in [5.74, 6) is -0.422. The average Bonchev–Trinajstić information content (AvgIpc) is 2.04. The summed E-state index contributed by atoms with van der Waals surface area (Å²) in [6.07, 6.45) is 1.03. The van der Waals surface area contributed by atoms with Crippen LogP contribution in [0.4, 0.5) is 0 Å². The summed E-state index contributed by atoms with van der Waals surface area (Å²) in [7, 11) is 0. The van der Waals surface area contributed by atoms with Gasteiger partial charge in [-0.3, -0.25) is 11.4 Å². The van der Waals surface area contributed by atoms with Gasteiger partial charge in [0.25, 0.3) is 5.97 Å². The van der Waals surface area contributed by atoms with Crippen molar-refractivity contribution >= 4 is 40.6 Å². The molecule has 0 aliphatic heterocycles. The van der Waals surface area contributed by atoms with Crippen LogP contribution in [0.2, 0.25) is 0 Å². The molecule has 0 aromatic heterocycles. The molecule has 0 aliphatic rings. The van der Waals surface area contributed by atoms with Crippen LogP contribution >= 0.6 is 28.9 Å². The van der Waals surface area contributed by atoms with E-state index in [4.69, 9.17) is 16.7 Å². The largest absolute Gasteiger partial charge is 1.00 e. The van der Waals surface area contributed by atoms with Crippen molar-refractivity contribution in [2.45, 2.75) is 32.8 Å². The van der Waals surface area contributed by atoms with Crippen LogP contribution in [0.3, 0.4) is 0 Å². The van der Waals surface area contributed by atoms with Gasteiger partial charge in [0, 0.05) is 6.42 Å². The Morgan fingerprint density at radius 1 is 1.53 bits per heavy atom. The van der Waals surface area contributed by atoms with E-state index in [1.807, 2.05) is 22.0 Å². The fraction of sp³-hybridized carbons (Fsp3) is 0.556. The van der Waals surface area contributed by atoms with Crippen molar-refractivity contribution in [3.8, 4) is 0 Å². The van der Waals surface area contributed by atoms with Gasteiger partial charge in [0.2, 0.25) is 0 Å². The van der Waals surface area contributed by atoms with Crippen LogP contribution in [-0.4, -0.2) is 17.3 Å². The molecule has 0 aromatic rings. The molecule has 82 valence electrons. The minimum Gasteiger partial charge on any atom is -0.483 e. The van der Waals surface area contributed by atoms with Gasteiger partial charge in [-0.15, -0.1) is 5.71 Å². The zero-order chi connectivity index (χ0) is 11.8. The first-order valence-electron chi connectivity index (χ1n) is 3.88. The molecule has 0 saturated heterocycles. The molecule has 0 spiro atoms. The van der Waals surface area contributed by atoms with Crippen LogP contribution in [0.5, 0.6) is 0 Å². The summed E-state index contributed by atoms with van der Waals surface area (Å²) in [6, 6.07) is 0. The van der Waals surface area contributed by atoms with Gasteiger partial charge in [-0.25, -0.2) is 6.08 Å². The van der Waals surface area contributed by atoms with E-state index in [1.165, 1.54) is 0 Å². The van der Waals surface area contributed by atoms with Crippen LogP contribution in [0.15, 0.2) is 6.08 Å². The number of carbonyl (C=O) groups is 1. The van der Waals surface area contributed by atoms with E-state index in [2.05, 4.69) is 6.88 Å². The number of hydrogen-bond acceptors (Lipinski definition) is 3. The van der Waals surface area contributed by atoms with Crippen molar-refractivity contribution in [1.82, 2.24) is 0 Å². The molecular formula is C9H15INNaO2P-. The first-order chi connectivity index (χ1) is 6.35. The predicted molar refractivity (Wildman–Crippen MR) is 69.4 cm³/mol. The molecule has 0 saturated carbocycles. The standard InChI is InChI=1S/C9H14NO2.HIP.Na/c1-5-7(10)6-8(11)12-9(2,3)4;1-2;/h1,5,10H,6H2,2-4H3;2H;/q2*-1;+1. The second-order valence-corrected chi connectivity index (χ2v) is 3.46. The summed E-state index contributed by atoms with van der Waals surface area (Å²) < 4.78 is 4.95. The minimum atomic E-state index is -0.494. The Morgan fingerprint density at radius 2 is 1.93 bits per heavy atom. The Morgan fingerprint density at radius 3 is 2.20 bits per heavy atom. The quantitative estimate of drug-likeness (QED) is 0.198. The Balaban J connectivity index is -0.000000449. The molecule has 0 bridgehead atoms. The van der Waals surface area contributed by atoms with Gasteiger partial charge in [-0.1, -0.05) is 0 Å². The van der Waals surface area contributed by atoms with Crippen molar-refractivity contribution in [3.05, 3.63) is 12.7 Å². The number of allylic oxidation sites excluding steroid dienone is 1. The van der Waals surface area contributed by atoms with Crippen LogP contribution in [0, 0.1) is 12.0 Å². The van der Waals surface area contributed by atoms with E-state index in [9.17, 15) is 4.79 Å². The monoisotopic (exact) mass is 350 g/mol. The van der Waals surface area contributed by atoms with Gasteiger partial charge in [0.05, 0.1) is 0 Å². The van der Waals surface area contributed by atoms with Crippen molar-refractivity contribution in [1.29, 1.82) is 5.41 Å². The van der Waals surface area contributed by atoms with Crippen LogP contribution in [0.25, 0.3) is 0 Å². The molecule has 3 nitrogen and oxygen atoms in total. The Labute approximate surface area is 129 Å². The fourth-order valence-electron chi connectivity index (χ4n) is 0.592. The number of hydrogen-bond donors (Lipinski definition) is 1. The Hall–Kier alpha value is 1.04. The maximum atomic E-state index is 11.0. The zero-order valence-electron chi connectivity index (χ0n) is 9.56. The molecule has 0 rings (SSSR count). The van der Waals surface area contributed by atoms with E-state index < -0.39 is 11.6 Å². The fourth-order valence-corrected chi connectivity index (χ4v) is 0.592. The molecule has 0 unspecified atom stereocenters. The number of nitrogens with one attached hydrogen (secondary N) is 1. The topological polar surface area (TPSA) is 50.2 Å². The minimum absolute atomic E-state index is 0. The number of rotatable bonds is 3. The van der Waals surface area contributed by atoms with Gasteiger partial charge in [-0.2, -0.15) is 0 Å². The molecule has 0 radical (unpaired) electrons. The molecule has 0 fully saturated rings. The summed E-state index contributed by atoms with van der Waals surface area (Å²) in [5.41, 5.74) is -0.421. The Bertz CT molecular complexity index is 217. The normalized spacial score (nSPS) is 8.87. The zero-order valence-corrected chi connectivity index (χ0v) is 14.7. The third-order valence-corrected chi connectivity index (χ3v) is 0.956. The molecule has 0 amide bonds. The smallest absolute Gasteiger partial charge is 0.483 e.